The summed E-state index contributed by atoms with van der Waals surface area (Å²) in [5.74, 6) is 0.774. The molecule has 2 N–H and O–H groups in total. The van der Waals surface area contributed by atoms with E-state index in [9.17, 15) is 10.0 Å². The summed E-state index contributed by atoms with van der Waals surface area (Å²) >= 11 is 0. The number of rotatable bonds is 3. The fourth-order valence-corrected chi connectivity index (χ4v) is 2.13. The molecule has 1 aliphatic rings. The Morgan fingerprint density at radius 2 is 2.00 bits per heavy atom. The Hall–Kier alpha value is -0.835. The van der Waals surface area contributed by atoms with E-state index in [4.69, 9.17) is 0 Å². The number of hydrogen-bond acceptors (Lipinski definition) is 3. The minimum absolute atomic E-state index is 0.622. The van der Waals surface area contributed by atoms with Gasteiger partial charge in [0.1, 0.15) is 0 Å². The van der Waals surface area contributed by atoms with Crippen LogP contribution >= 0.6 is 0 Å². The van der Waals surface area contributed by atoms with E-state index < -0.39 is 7.12 Å². The van der Waals surface area contributed by atoms with Crippen molar-refractivity contribution in [3.05, 3.63) is 29.8 Å². The van der Waals surface area contributed by atoms with Crippen LogP contribution in [0, 0.1) is 5.92 Å². The van der Waals surface area contributed by atoms with Gasteiger partial charge in [-0.05, 0) is 16.9 Å². The fourth-order valence-electron chi connectivity index (χ4n) is 2.13. The quantitative estimate of drug-likeness (QED) is 0.672. The van der Waals surface area contributed by atoms with Crippen molar-refractivity contribution in [2.45, 2.75) is 13.5 Å². The molecule has 3 nitrogen and oxygen atoms in total. The number of likely N-dealkylation sites (tertiary alicyclic amines) is 1. The van der Waals surface area contributed by atoms with Gasteiger partial charge in [0, 0.05) is 19.6 Å². The van der Waals surface area contributed by atoms with Crippen LogP contribution in [-0.2, 0) is 6.54 Å². The van der Waals surface area contributed by atoms with Gasteiger partial charge in [-0.25, -0.2) is 0 Å². The molecule has 0 unspecified atom stereocenters. The van der Waals surface area contributed by atoms with Gasteiger partial charge >= 0.3 is 7.12 Å². The number of nitrogens with zero attached hydrogens (tertiary/aromatic N) is 1. The zero-order valence-corrected chi connectivity index (χ0v) is 8.93. The van der Waals surface area contributed by atoms with Gasteiger partial charge in [0.15, 0.2) is 0 Å². The van der Waals surface area contributed by atoms with E-state index in [1.165, 1.54) is 0 Å². The minimum atomic E-state index is -1.36. The number of hydrogen-bond donors (Lipinski definition) is 2. The van der Waals surface area contributed by atoms with E-state index >= 15 is 0 Å². The second kappa shape index (κ2) is 4.35. The predicted molar refractivity (Wildman–Crippen MR) is 60.7 cm³/mol. The first-order valence-corrected chi connectivity index (χ1v) is 5.33. The van der Waals surface area contributed by atoms with Gasteiger partial charge in [0.2, 0.25) is 0 Å². The van der Waals surface area contributed by atoms with Crippen molar-refractivity contribution in [2.24, 2.45) is 5.92 Å². The van der Waals surface area contributed by atoms with Crippen LogP contribution in [0.1, 0.15) is 12.5 Å². The summed E-state index contributed by atoms with van der Waals surface area (Å²) in [6.07, 6.45) is 0. The molecule has 80 valence electrons. The van der Waals surface area contributed by atoms with Gasteiger partial charge in [0.05, 0.1) is 0 Å². The first kappa shape index (κ1) is 10.7. The molecule has 1 aromatic carbocycles. The Morgan fingerprint density at radius 1 is 1.33 bits per heavy atom. The average Bonchev–Trinajstić information content (AvgIpc) is 2.16. The monoisotopic (exact) mass is 205 g/mol. The standard InChI is InChI=1S/C11H16BNO2/c1-9-6-13(7-9)8-10-4-2-3-5-11(10)12(14)15/h2-5,9,14-15H,6-8H2,1H3. The topological polar surface area (TPSA) is 43.7 Å². The summed E-state index contributed by atoms with van der Waals surface area (Å²) in [5, 5.41) is 18.4. The average molecular weight is 205 g/mol. The van der Waals surface area contributed by atoms with Crippen molar-refractivity contribution >= 4 is 12.6 Å². The van der Waals surface area contributed by atoms with E-state index in [0.717, 1.165) is 31.1 Å². The normalized spacial score (nSPS) is 17.5. The van der Waals surface area contributed by atoms with Crippen LogP contribution in [-0.4, -0.2) is 35.2 Å². The molecule has 0 atom stereocenters. The highest BCUT2D eigenvalue weighted by molar-refractivity contribution is 6.59. The molecule has 4 heteroatoms. The molecule has 0 amide bonds. The van der Waals surface area contributed by atoms with Crippen LogP contribution in [0.5, 0.6) is 0 Å². The second-order valence-electron chi connectivity index (χ2n) is 4.37. The Kier molecular flexibility index (Phi) is 3.10. The fraction of sp³-hybridized carbons (Fsp3) is 0.455. The third-order valence-corrected chi connectivity index (χ3v) is 2.87. The molecular formula is C11H16BNO2. The van der Waals surface area contributed by atoms with Crippen LogP contribution in [0.25, 0.3) is 0 Å². The molecule has 0 spiro atoms. The minimum Gasteiger partial charge on any atom is -0.423 e. The lowest BCUT2D eigenvalue weighted by Crippen LogP contribution is -2.46. The van der Waals surface area contributed by atoms with Gasteiger partial charge in [-0.3, -0.25) is 4.90 Å². The van der Waals surface area contributed by atoms with Crippen LogP contribution in [0.15, 0.2) is 24.3 Å². The predicted octanol–water partition coefficient (Wildman–Crippen LogP) is -0.182. The molecule has 0 aliphatic carbocycles. The molecule has 0 bridgehead atoms. The first-order valence-electron chi connectivity index (χ1n) is 5.33. The third-order valence-electron chi connectivity index (χ3n) is 2.87. The summed E-state index contributed by atoms with van der Waals surface area (Å²) in [7, 11) is -1.36. The lowest BCUT2D eigenvalue weighted by molar-refractivity contribution is 0.105. The van der Waals surface area contributed by atoms with E-state index in [1.54, 1.807) is 6.07 Å². The Balaban J connectivity index is 2.07. The molecule has 15 heavy (non-hydrogen) atoms. The first-order chi connectivity index (χ1) is 7.16. The highest BCUT2D eigenvalue weighted by Gasteiger charge is 2.24. The maximum atomic E-state index is 9.20. The van der Waals surface area contributed by atoms with Crippen molar-refractivity contribution in [2.75, 3.05) is 13.1 Å². The molecule has 0 aromatic heterocycles. The smallest absolute Gasteiger partial charge is 0.423 e. The molecule has 2 rings (SSSR count). The van der Waals surface area contributed by atoms with E-state index in [-0.39, 0.29) is 0 Å². The molecule has 0 saturated carbocycles. The van der Waals surface area contributed by atoms with Crippen molar-refractivity contribution in [1.29, 1.82) is 0 Å². The zero-order chi connectivity index (χ0) is 10.8. The molecular weight excluding hydrogens is 189 g/mol. The largest absolute Gasteiger partial charge is 0.488 e. The van der Waals surface area contributed by atoms with Crippen molar-refractivity contribution in [3.63, 3.8) is 0 Å². The third kappa shape index (κ3) is 2.40. The van der Waals surface area contributed by atoms with E-state index in [2.05, 4.69) is 11.8 Å². The Bertz CT molecular complexity index is 337. The second-order valence-corrected chi connectivity index (χ2v) is 4.37. The van der Waals surface area contributed by atoms with Crippen molar-refractivity contribution in [3.8, 4) is 0 Å². The van der Waals surface area contributed by atoms with E-state index in [0.29, 0.717) is 5.46 Å². The van der Waals surface area contributed by atoms with Crippen LogP contribution in [0.3, 0.4) is 0 Å². The van der Waals surface area contributed by atoms with Gasteiger partial charge < -0.3 is 10.0 Å². The molecule has 1 saturated heterocycles. The molecule has 1 aliphatic heterocycles. The molecule has 0 radical (unpaired) electrons. The summed E-state index contributed by atoms with van der Waals surface area (Å²) in [5.41, 5.74) is 1.64. The maximum Gasteiger partial charge on any atom is 0.488 e. The zero-order valence-electron chi connectivity index (χ0n) is 8.93. The highest BCUT2D eigenvalue weighted by Crippen LogP contribution is 2.16. The highest BCUT2D eigenvalue weighted by atomic mass is 16.4. The van der Waals surface area contributed by atoms with Gasteiger partial charge in [-0.15, -0.1) is 0 Å². The Labute approximate surface area is 90.5 Å². The van der Waals surface area contributed by atoms with Crippen LogP contribution in [0.2, 0.25) is 0 Å². The molecule has 1 aromatic rings. The summed E-state index contributed by atoms with van der Waals surface area (Å²) < 4.78 is 0. The van der Waals surface area contributed by atoms with E-state index in [1.807, 2.05) is 18.2 Å². The lowest BCUT2D eigenvalue weighted by atomic mass is 9.76. The Morgan fingerprint density at radius 3 is 2.60 bits per heavy atom. The summed E-state index contributed by atoms with van der Waals surface area (Å²) in [4.78, 5) is 2.31. The van der Waals surface area contributed by atoms with Crippen LogP contribution < -0.4 is 5.46 Å². The SMILES string of the molecule is CC1CN(Cc2ccccc2B(O)O)C1. The summed E-state index contributed by atoms with van der Waals surface area (Å²) in [6.45, 7) is 5.26. The van der Waals surface area contributed by atoms with Crippen molar-refractivity contribution in [1.82, 2.24) is 4.90 Å². The van der Waals surface area contributed by atoms with Gasteiger partial charge in [-0.2, -0.15) is 0 Å². The van der Waals surface area contributed by atoms with Crippen molar-refractivity contribution < 1.29 is 10.0 Å². The summed E-state index contributed by atoms with van der Waals surface area (Å²) in [6, 6.07) is 7.49. The maximum absolute atomic E-state index is 9.20. The lowest BCUT2D eigenvalue weighted by Gasteiger charge is -2.37. The molecule has 1 fully saturated rings. The van der Waals surface area contributed by atoms with Crippen LogP contribution in [0.4, 0.5) is 0 Å². The number of benzene rings is 1. The van der Waals surface area contributed by atoms with Gasteiger partial charge in [0.25, 0.3) is 0 Å². The van der Waals surface area contributed by atoms with Gasteiger partial charge in [-0.1, -0.05) is 31.2 Å². The molecule has 1 heterocycles.